The summed E-state index contributed by atoms with van der Waals surface area (Å²) in [6, 6.07) is 0.327. The fourth-order valence-corrected chi connectivity index (χ4v) is 2.73. The van der Waals surface area contributed by atoms with Gasteiger partial charge in [-0.05, 0) is 51.2 Å². The molecule has 0 spiro atoms. The Morgan fingerprint density at radius 2 is 1.93 bits per heavy atom. The minimum absolute atomic E-state index is 0.327. The van der Waals surface area contributed by atoms with Crippen molar-refractivity contribution in [1.29, 1.82) is 0 Å². The summed E-state index contributed by atoms with van der Waals surface area (Å²) >= 11 is 0. The standard InChI is InChI=1S/C11H22N2O/c1-9-2-5-13-10(8-9)11(14)3-6-12-7-4-11/h9-10,12-14H,2-8H2,1H3. The van der Waals surface area contributed by atoms with Crippen molar-refractivity contribution in [2.75, 3.05) is 19.6 Å². The molecule has 3 heteroatoms. The third-order valence-corrected chi connectivity index (χ3v) is 3.78. The molecule has 0 aliphatic carbocycles. The number of hydrogen-bond donors (Lipinski definition) is 3. The monoisotopic (exact) mass is 198 g/mol. The van der Waals surface area contributed by atoms with Crippen LogP contribution in [-0.2, 0) is 0 Å². The van der Waals surface area contributed by atoms with Gasteiger partial charge in [-0.2, -0.15) is 0 Å². The summed E-state index contributed by atoms with van der Waals surface area (Å²) in [4.78, 5) is 0. The molecule has 0 bridgehead atoms. The van der Waals surface area contributed by atoms with Crippen molar-refractivity contribution < 1.29 is 5.11 Å². The van der Waals surface area contributed by atoms with Crippen LogP contribution in [0.3, 0.4) is 0 Å². The quantitative estimate of drug-likeness (QED) is 0.574. The molecule has 2 aliphatic heterocycles. The van der Waals surface area contributed by atoms with Crippen LogP contribution in [0.2, 0.25) is 0 Å². The van der Waals surface area contributed by atoms with Gasteiger partial charge in [0.2, 0.25) is 0 Å². The summed E-state index contributed by atoms with van der Waals surface area (Å²) < 4.78 is 0. The van der Waals surface area contributed by atoms with Crippen molar-refractivity contribution >= 4 is 0 Å². The van der Waals surface area contributed by atoms with Crippen LogP contribution in [0.4, 0.5) is 0 Å². The van der Waals surface area contributed by atoms with E-state index in [-0.39, 0.29) is 0 Å². The maximum absolute atomic E-state index is 10.5. The zero-order chi connectivity index (χ0) is 10.0. The molecule has 0 aromatic carbocycles. The highest BCUT2D eigenvalue weighted by Gasteiger charge is 2.39. The molecule has 2 saturated heterocycles. The molecule has 2 aliphatic rings. The SMILES string of the molecule is CC1CCNC(C2(O)CCNCC2)C1. The van der Waals surface area contributed by atoms with E-state index in [2.05, 4.69) is 17.6 Å². The fraction of sp³-hybridized carbons (Fsp3) is 1.00. The average molecular weight is 198 g/mol. The minimum Gasteiger partial charge on any atom is -0.388 e. The van der Waals surface area contributed by atoms with Crippen molar-refractivity contribution in [3.63, 3.8) is 0 Å². The molecule has 0 aromatic rings. The minimum atomic E-state index is -0.445. The topological polar surface area (TPSA) is 44.3 Å². The van der Waals surface area contributed by atoms with Crippen LogP contribution in [0.15, 0.2) is 0 Å². The second-order valence-electron chi connectivity index (χ2n) is 4.99. The molecule has 82 valence electrons. The van der Waals surface area contributed by atoms with Crippen LogP contribution < -0.4 is 10.6 Å². The Morgan fingerprint density at radius 3 is 2.57 bits per heavy atom. The van der Waals surface area contributed by atoms with Gasteiger partial charge in [-0.15, -0.1) is 0 Å². The van der Waals surface area contributed by atoms with Gasteiger partial charge >= 0.3 is 0 Å². The highest BCUT2D eigenvalue weighted by atomic mass is 16.3. The smallest absolute Gasteiger partial charge is 0.0824 e. The van der Waals surface area contributed by atoms with Crippen LogP contribution in [0, 0.1) is 5.92 Å². The second-order valence-corrected chi connectivity index (χ2v) is 4.99. The number of nitrogens with one attached hydrogen (secondary N) is 2. The number of rotatable bonds is 1. The van der Waals surface area contributed by atoms with Crippen molar-refractivity contribution in [2.45, 2.75) is 44.2 Å². The first kappa shape index (κ1) is 10.4. The van der Waals surface area contributed by atoms with E-state index in [0.29, 0.717) is 6.04 Å². The molecule has 3 nitrogen and oxygen atoms in total. The third-order valence-electron chi connectivity index (χ3n) is 3.78. The molecule has 2 unspecified atom stereocenters. The van der Waals surface area contributed by atoms with Crippen molar-refractivity contribution in [3.8, 4) is 0 Å². The van der Waals surface area contributed by atoms with Gasteiger partial charge < -0.3 is 15.7 Å². The van der Waals surface area contributed by atoms with Crippen molar-refractivity contribution in [2.24, 2.45) is 5.92 Å². The molecule has 0 aromatic heterocycles. The Bertz CT molecular complexity index is 190. The molecule has 0 radical (unpaired) electrons. The van der Waals surface area contributed by atoms with E-state index in [1.165, 1.54) is 6.42 Å². The molecule has 2 fully saturated rings. The lowest BCUT2D eigenvalue weighted by atomic mass is 9.78. The van der Waals surface area contributed by atoms with Gasteiger partial charge in [-0.3, -0.25) is 0 Å². The van der Waals surface area contributed by atoms with E-state index >= 15 is 0 Å². The number of aliphatic hydroxyl groups is 1. The predicted octanol–water partition coefficient (Wildman–Crippen LogP) is 0.489. The highest BCUT2D eigenvalue weighted by Crippen LogP contribution is 2.29. The lowest BCUT2D eigenvalue weighted by Gasteiger charge is -2.43. The zero-order valence-corrected chi connectivity index (χ0v) is 9.05. The molecule has 14 heavy (non-hydrogen) atoms. The van der Waals surface area contributed by atoms with E-state index in [9.17, 15) is 5.11 Å². The van der Waals surface area contributed by atoms with Gasteiger partial charge in [0.25, 0.3) is 0 Å². The average Bonchev–Trinajstić information content (AvgIpc) is 2.19. The third kappa shape index (κ3) is 2.10. The fourth-order valence-electron chi connectivity index (χ4n) is 2.73. The largest absolute Gasteiger partial charge is 0.388 e. The van der Waals surface area contributed by atoms with Crippen LogP contribution in [0.1, 0.15) is 32.6 Å². The molecule has 3 N–H and O–H groups in total. The Balaban J connectivity index is 1.97. The maximum atomic E-state index is 10.5. The van der Waals surface area contributed by atoms with Gasteiger partial charge in [0.1, 0.15) is 0 Å². The van der Waals surface area contributed by atoms with Crippen LogP contribution >= 0.6 is 0 Å². The van der Waals surface area contributed by atoms with Crippen LogP contribution in [0.25, 0.3) is 0 Å². The Morgan fingerprint density at radius 1 is 1.21 bits per heavy atom. The lowest BCUT2D eigenvalue weighted by Crippen LogP contribution is -2.58. The number of hydrogen-bond acceptors (Lipinski definition) is 3. The van der Waals surface area contributed by atoms with Crippen LogP contribution in [-0.4, -0.2) is 36.4 Å². The molecule has 0 saturated carbocycles. The maximum Gasteiger partial charge on any atom is 0.0824 e. The predicted molar refractivity (Wildman–Crippen MR) is 57.2 cm³/mol. The summed E-state index contributed by atoms with van der Waals surface area (Å²) in [6.07, 6.45) is 4.19. The first-order valence-electron chi connectivity index (χ1n) is 5.87. The number of piperidine rings is 2. The van der Waals surface area contributed by atoms with E-state index < -0.39 is 5.60 Å². The van der Waals surface area contributed by atoms with Gasteiger partial charge in [0.05, 0.1) is 5.60 Å². The van der Waals surface area contributed by atoms with Crippen LogP contribution in [0.5, 0.6) is 0 Å². The zero-order valence-electron chi connectivity index (χ0n) is 9.05. The Hall–Kier alpha value is -0.120. The summed E-state index contributed by atoms with van der Waals surface area (Å²) in [5, 5.41) is 17.3. The summed E-state index contributed by atoms with van der Waals surface area (Å²) in [5.41, 5.74) is -0.445. The van der Waals surface area contributed by atoms with E-state index in [1.807, 2.05) is 0 Å². The Kier molecular flexibility index (Phi) is 3.10. The molecule has 2 rings (SSSR count). The summed E-state index contributed by atoms with van der Waals surface area (Å²) in [7, 11) is 0. The van der Waals surface area contributed by atoms with E-state index in [4.69, 9.17) is 0 Å². The summed E-state index contributed by atoms with van der Waals surface area (Å²) in [6.45, 7) is 5.28. The van der Waals surface area contributed by atoms with Gasteiger partial charge in [0.15, 0.2) is 0 Å². The molecule has 0 amide bonds. The van der Waals surface area contributed by atoms with Crippen molar-refractivity contribution in [3.05, 3.63) is 0 Å². The first-order chi connectivity index (χ1) is 6.71. The van der Waals surface area contributed by atoms with Gasteiger partial charge in [0, 0.05) is 6.04 Å². The van der Waals surface area contributed by atoms with Crippen molar-refractivity contribution in [1.82, 2.24) is 10.6 Å². The van der Waals surface area contributed by atoms with Gasteiger partial charge in [-0.25, -0.2) is 0 Å². The van der Waals surface area contributed by atoms with Gasteiger partial charge in [-0.1, -0.05) is 6.92 Å². The lowest BCUT2D eigenvalue weighted by molar-refractivity contribution is -0.0372. The summed E-state index contributed by atoms with van der Waals surface area (Å²) in [5.74, 6) is 0.764. The van der Waals surface area contributed by atoms with E-state index in [1.54, 1.807) is 0 Å². The van der Waals surface area contributed by atoms with E-state index in [0.717, 1.165) is 44.8 Å². The normalized spacial score (nSPS) is 38.1. The highest BCUT2D eigenvalue weighted by molar-refractivity contribution is 4.97. The first-order valence-corrected chi connectivity index (χ1v) is 5.87. The molecule has 2 heterocycles. The molecular weight excluding hydrogens is 176 g/mol. The second kappa shape index (κ2) is 4.17. The Labute approximate surface area is 86.3 Å². The molecule has 2 atom stereocenters. The molecular formula is C11H22N2O.